The molecular formula is C17H19F3N2. The van der Waals surface area contributed by atoms with Crippen LogP contribution >= 0.6 is 0 Å². The first kappa shape index (κ1) is 14.1. The molecule has 1 N–H and O–H groups in total. The number of halogens is 3. The summed E-state index contributed by atoms with van der Waals surface area (Å²) in [6.07, 6.45) is -1.96. The summed E-state index contributed by atoms with van der Waals surface area (Å²) in [4.78, 5) is 5.72. The summed E-state index contributed by atoms with van der Waals surface area (Å²) in [5.41, 5.74) is 2.39. The van der Waals surface area contributed by atoms with Crippen molar-refractivity contribution in [2.75, 3.05) is 19.6 Å². The topological polar surface area (TPSA) is 19.0 Å². The molecule has 4 heterocycles. The molecule has 0 radical (unpaired) electrons. The third kappa shape index (κ3) is 2.14. The SMILES string of the molecule is Cc1[nH]c2ccc(C(F)(F)F)cc2c1C1CN2CCC1CC2. The minimum Gasteiger partial charge on any atom is -0.358 e. The molecule has 118 valence electrons. The molecule has 1 aromatic heterocycles. The van der Waals surface area contributed by atoms with Gasteiger partial charge in [0.05, 0.1) is 5.56 Å². The fourth-order valence-corrected chi connectivity index (χ4v) is 4.29. The van der Waals surface area contributed by atoms with E-state index in [0.29, 0.717) is 11.8 Å². The molecule has 22 heavy (non-hydrogen) atoms. The van der Waals surface area contributed by atoms with E-state index in [4.69, 9.17) is 0 Å². The lowest BCUT2D eigenvalue weighted by atomic mass is 9.74. The van der Waals surface area contributed by atoms with Gasteiger partial charge in [0.1, 0.15) is 0 Å². The zero-order chi connectivity index (χ0) is 15.5. The van der Waals surface area contributed by atoms with Crippen LogP contribution in [0.15, 0.2) is 18.2 Å². The van der Waals surface area contributed by atoms with Gasteiger partial charge in [-0.15, -0.1) is 0 Å². The summed E-state index contributed by atoms with van der Waals surface area (Å²) >= 11 is 0. The first-order chi connectivity index (χ1) is 10.4. The van der Waals surface area contributed by atoms with Gasteiger partial charge in [0.25, 0.3) is 0 Å². The lowest BCUT2D eigenvalue weighted by Gasteiger charge is -2.45. The first-order valence-corrected chi connectivity index (χ1v) is 7.85. The predicted molar refractivity (Wildman–Crippen MR) is 79.9 cm³/mol. The maximum absolute atomic E-state index is 13.0. The Labute approximate surface area is 127 Å². The summed E-state index contributed by atoms with van der Waals surface area (Å²) in [5.74, 6) is 0.969. The molecule has 5 heteroatoms. The van der Waals surface area contributed by atoms with Crippen LogP contribution in [0.4, 0.5) is 13.2 Å². The van der Waals surface area contributed by atoms with Gasteiger partial charge in [-0.25, -0.2) is 0 Å². The van der Waals surface area contributed by atoms with Gasteiger partial charge in [0.15, 0.2) is 0 Å². The number of rotatable bonds is 1. The quantitative estimate of drug-likeness (QED) is 0.832. The van der Waals surface area contributed by atoms with Crippen molar-refractivity contribution in [3.63, 3.8) is 0 Å². The van der Waals surface area contributed by atoms with Gasteiger partial charge >= 0.3 is 6.18 Å². The van der Waals surface area contributed by atoms with E-state index in [-0.39, 0.29) is 0 Å². The molecule has 0 saturated carbocycles. The number of piperidine rings is 3. The first-order valence-electron chi connectivity index (χ1n) is 7.85. The van der Waals surface area contributed by atoms with Crippen LogP contribution in [0.2, 0.25) is 0 Å². The van der Waals surface area contributed by atoms with Crippen LogP contribution in [0.5, 0.6) is 0 Å². The molecule has 2 aromatic rings. The predicted octanol–water partition coefficient (Wildman–Crippen LogP) is 4.30. The minimum atomic E-state index is -4.29. The molecule has 3 fully saturated rings. The van der Waals surface area contributed by atoms with Gasteiger partial charge in [0.2, 0.25) is 0 Å². The molecule has 3 aliphatic rings. The zero-order valence-corrected chi connectivity index (χ0v) is 12.5. The summed E-state index contributed by atoms with van der Waals surface area (Å²) in [5, 5.41) is 0.756. The monoisotopic (exact) mass is 308 g/mol. The summed E-state index contributed by atoms with van der Waals surface area (Å²) < 4.78 is 39.1. The van der Waals surface area contributed by atoms with Gasteiger partial charge in [-0.05, 0) is 62.5 Å². The lowest BCUT2D eigenvalue weighted by Crippen LogP contribution is -2.46. The van der Waals surface area contributed by atoms with E-state index in [1.54, 1.807) is 6.07 Å². The molecule has 2 bridgehead atoms. The fourth-order valence-electron chi connectivity index (χ4n) is 4.29. The van der Waals surface area contributed by atoms with Crippen molar-refractivity contribution in [1.82, 2.24) is 9.88 Å². The molecular weight excluding hydrogens is 289 g/mol. The molecule has 1 atom stereocenters. The molecule has 3 aliphatic heterocycles. The van der Waals surface area contributed by atoms with Crippen molar-refractivity contribution in [2.24, 2.45) is 5.92 Å². The van der Waals surface area contributed by atoms with E-state index in [2.05, 4.69) is 9.88 Å². The molecule has 0 aliphatic carbocycles. The largest absolute Gasteiger partial charge is 0.416 e. The van der Waals surface area contributed by atoms with Crippen molar-refractivity contribution in [2.45, 2.75) is 31.9 Å². The summed E-state index contributed by atoms with van der Waals surface area (Å²) in [6, 6.07) is 4.06. The van der Waals surface area contributed by atoms with Gasteiger partial charge < -0.3 is 9.88 Å². The highest BCUT2D eigenvalue weighted by Gasteiger charge is 2.37. The summed E-state index contributed by atoms with van der Waals surface area (Å²) in [7, 11) is 0. The molecule has 2 nitrogen and oxygen atoms in total. The second-order valence-corrected chi connectivity index (χ2v) is 6.67. The Balaban J connectivity index is 1.84. The minimum absolute atomic E-state index is 0.361. The molecule has 0 spiro atoms. The highest BCUT2D eigenvalue weighted by atomic mass is 19.4. The highest BCUT2D eigenvalue weighted by Crippen LogP contribution is 2.43. The Morgan fingerprint density at radius 1 is 1.18 bits per heavy atom. The number of aromatic nitrogens is 1. The molecule has 1 aromatic carbocycles. The Bertz CT molecular complexity index is 708. The fraction of sp³-hybridized carbons (Fsp3) is 0.529. The second-order valence-electron chi connectivity index (χ2n) is 6.67. The Morgan fingerprint density at radius 2 is 1.91 bits per heavy atom. The smallest absolute Gasteiger partial charge is 0.358 e. The number of alkyl halides is 3. The van der Waals surface area contributed by atoms with Gasteiger partial charge in [-0.3, -0.25) is 0 Å². The highest BCUT2D eigenvalue weighted by molar-refractivity contribution is 5.86. The van der Waals surface area contributed by atoms with Crippen molar-refractivity contribution >= 4 is 10.9 Å². The number of nitrogens with zero attached hydrogens (tertiary/aromatic N) is 1. The van der Waals surface area contributed by atoms with E-state index in [9.17, 15) is 13.2 Å². The number of hydrogen-bond donors (Lipinski definition) is 1. The van der Waals surface area contributed by atoms with E-state index in [1.807, 2.05) is 6.92 Å². The van der Waals surface area contributed by atoms with Crippen LogP contribution in [0.1, 0.15) is 35.6 Å². The number of H-pyrrole nitrogens is 1. The number of hydrogen-bond acceptors (Lipinski definition) is 1. The molecule has 5 rings (SSSR count). The van der Waals surface area contributed by atoms with Crippen molar-refractivity contribution in [3.05, 3.63) is 35.0 Å². The lowest BCUT2D eigenvalue weighted by molar-refractivity contribution is -0.137. The summed E-state index contributed by atoms with van der Waals surface area (Å²) in [6.45, 7) is 5.24. The van der Waals surface area contributed by atoms with Gasteiger partial charge in [0, 0.05) is 29.1 Å². The number of nitrogens with one attached hydrogen (secondary N) is 1. The van der Waals surface area contributed by atoms with Crippen molar-refractivity contribution < 1.29 is 13.2 Å². The third-order valence-electron chi connectivity index (χ3n) is 5.39. The zero-order valence-electron chi connectivity index (χ0n) is 12.5. The van der Waals surface area contributed by atoms with E-state index >= 15 is 0 Å². The Kier molecular flexibility index (Phi) is 3.05. The van der Waals surface area contributed by atoms with Crippen LogP contribution in [0, 0.1) is 12.8 Å². The second kappa shape index (κ2) is 4.75. The van der Waals surface area contributed by atoms with Crippen LogP contribution in [-0.2, 0) is 6.18 Å². The normalized spacial score (nSPS) is 28.5. The van der Waals surface area contributed by atoms with E-state index in [0.717, 1.165) is 54.6 Å². The standard InChI is InChI=1S/C17H19F3N2/c1-10-16(14-9-22-6-4-11(14)5-7-22)13-8-12(17(18,19)20)2-3-15(13)21-10/h2-3,8,11,14,21H,4-7,9H2,1H3. The number of benzene rings is 1. The van der Waals surface area contributed by atoms with E-state index in [1.165, 1.54) is 12.1 Å². The molecule has 3 saturated heterocycles. The van der Waals surface area contributed by atoms with Crippen molar-refractivity contribution in [3.8, 4) is 0 Å². The van der Waals surface area contributed by atoms with Gasteiger partial charge in [-0.1, -0.05) is 0 Å². The van der Waals surface area contributed by atoms with Crippen molar-refractivity contribution in [1.29, 1.82) is 0 Å². The van der Waals surface area contributed by atoms with Crippen LogP contribution in [0.3, 0.4) is 0 Å². The van der Waals surface area contributed by atoms with Crippen LogP contribution in [-0.4, -0.2) is 29.5 Å². The average Bonchev–Trinajstić information content (AvgIpc) is 2.82. The maximum Gasteiger partial charge on any atom is 0.416 e. The molecule has 1 unspecified atom stereocenters. The number of aromatic amines is 1. The molecule has 0 amide bonds. The maximum atomic E-state index is 13.0. The Hall–Kier alpha value is -1.49. The van der Waals surface area contributed by atoms with Crippen LogP contribution in [0.25, 0.3) is 10.9 Å². The number of aryl methyl sites for hydroxylation is 1. The van der Waals surface area contributed by atoms with Gasteiger partial charge in [-0.2, -0.15) is 13.2 Å². The van der Waals surface area contributed by atoms with E-state index < -0.39 is 11.7 Å². The average molecular weight is 308 g/mol. The third-order valence-corrected chi connectivity index (χ3v) is 5.39. The Morgan fingerprint density at radius 3 is 2.50 bits per heavy atom. The number of fused-ring (bicyclic) bond motifs is 4. The van der Waals surface area contributed by atoms with Crippen LogP contribution < -0.4 is 0 Å².